The predicted octanol–water partition coefficient (Wildman–Crippen LogP) is 3.89. The predicted molar refractivity (Wildman–Crippen MR) is 112 cm³/mol. The largest absolute Gasteiger partial charge is 0.459 e. The van der Waals surface area contributed by atoms with Crippen LogP contribution in [0.25, 0.3) is 0 Å². The van der Waals surface area contributed by atoms with Gasteiger partial charge < -0.3 is 14.6 Å². The van der Waals surface area contributed by atoms with Crippen LogP contribution in [0.1, 0.15) is 36.2 Å². The zero-order valence-electron chi connectivity index (χ0n) is 16.4. The highest BCUT2D eigenvalue weighted by molar-refractivity contribution is 6.30. The molecular weight excluding hydrogens is 390 g/mol. The van der Waals surface area contributed by atoms with Crippen molar-refractivity contribution in [3.63, 3.8) is 0 Å². The van der Waals surface area contributed by atoms with Gasteiger partial charge >= 0.3 is 0 Å². The summed E-state index contributed by atoms with van der Waals surface area (Å²) in [6.07, 6.45) is 6.01. The van der Waals surface area contributed by atoms with E-state index in [0.29, 0.717) is 42.9 Å². The molecule has 154 valence electrons. The van der Waals surface area contributed by atoms with Gasteiger partial charge in [-0.15, -0.1) is 0 Å². The third kappa shape index (κ3) is 4.65. The number of furan rings is 1. The number of benzene rings is 1. The Hall–Kier alpha value is -2.31. The molecule has 2 heterocycles. The summed E-state index contributed by atoms with van der Waals surface area (Å²) in [4.78, 5) is 29.8. The molecule has 1 saturated carbocycles. The molecule has 2 amide bonds. The first-order valence-electron chi connectivity index (χ1n) is 10.2. The van der Waals surface area contributed by atoms with Crippen molar-refractivity contribution < 1.29 is 14.0 Å². The third-order valence-corrected chi connectivity index (χ3v) is 6.21. The Balaban J connectivity index is 1.42. The van der Waals surface area contributed by atoms with Crippen LogP contribution in [0.3, 0.4) is 0 Å². The first kappa shape index (κ1) is 20.0. The molecule has 1 N–H and O–H groups in total. The number of carbonyl (C=O) groups excluding carboxylic acids is 2. The van der Waals surface area contributed by atoms with Gasteiger partial charge in [-0.3, -0.25) is 14.5 Å². The molecule has 6 nitrogen and oxygen atoms in total. The normalized spacial score (nSPS) is 19.3. The summed E-state index contributed by atoms with van der Waals surface area (Å²) in [5.41, 5.74) is 0.758. The zero-order chi connectivity index (χ0) is 20.2. The molecule has 0 spiro atoms. The summed E-state index contributed by atoms with van der Waals surface area (Å²) in [6.45, 7) is 2.55. The number of halogens is 1. The quantitative estimate of drug-likeness (QED) is 0.804. The Morgan fingerprint density at radius 2 is 1.72 bits per heavy atom. The van der Waals surface area contributed by atoms with E-state index in [-0.39, 0.29) is 17.9 Å². The molecule has 4 rings (SSSR count). The van der Waals surface area contributed by atoms with Gasteiger partial charge in [0, 0.05) is 36.9 Å². The Bertz CT molecular complexity index is 823. The van der Waals surface area contributed by atoms with E-state index in [4.69, 9.17) is 16.0 Å². The van der Waals surface area contributed by atoms with Gasteiger partial charge in [0.15, 0.2) is 5.76 Å². The summed E-state index contributed by atoms with van der Waals surface area (Å²) in [5, 5.41) is 3.71. The molecule has 1 saturated heterocycles. The summed E-state index contributed by atoms with van der Waals surface area (Å²) in [5.74, 6) is 0.670. The number of nitrogens with one attached hydrogen (secondary N) is 1. The number of hydrogen-bond acceptors (Lipinski definition) is 4. The minimum atomic E-state index is -0.172. The highest BCUT2D eigenvalue weighted by Gasteiger charge is 2.37. The Kier molecular flexibility index (Phi) is 6.21. The van der Waals surface area contributed by atoms with Gasteiger partial charge in [-0.2, -0.15) is 0 Å². The fourth-order valence-electron chi connectivity index (χ4n) is 4.46. The maximum atomic E-state index is 13.2. The summed E-state index contributed by atoms with van der Waals surface area (Å²) in [6, 6.07) is 10.4. The topological polar surface area (TPSA) is 65.8 Å². The number of nitrogens with zero attached hydrogens (tertiary/aromatic N) is 2. The fourth-order valence-corrected chi connectivity index (χ4v) is 4.59. The lowest BCUT2D eigenvalue weighted by Crippen LogP contribution is -2.56. The van der Waals surface area contributed by atoms with Crippen LogP contribution < -0.4 is 5.32 Å². The number of hydrogen-bond donors (Lipinski definition) is 1. The second-order valence-electron chi connectivity index (χ2n) is 7.79. The molecule has 1 aromatic heterocycles. The molecule has 1 aliphatic carbocycles. The molecule has 1 atom stereocenters. The average molecular weight is 416 g/mol. The second kappa shape index (κ2) is 9.01. The van der Waals surface area contributed by atoms with Crippen molar-refractivity contribution in [2.75, 3.05) is 31.5 Å². The lowest BCUT2D eigenvalue weighted by Gasteiger charge is -2.40. The number of anilines is 1. The Labute approximate surface area is 175 Å². The Morgan fingerprint density at radius 3 is 2.34 bits per heavy atom. The van der Waals surface area contributed by atoms with Crippen LogP contribution in [0.4, 0.5) is 5.69 Å². The SMILES string of the molecule is O=C(Nc1ccc(Cl)cc1)C(C1CCCC1)N1CCN(C(=O)c2ccco2)CC1. The van der Waals surface area contributed by atoms with E-state index in [2.05, 4.69) is 10.2 Å². The third-order valence-electron chi connectivity index (χ3n) is 5.95. The van der Waals surface area contributed by atoms with Gasteiger partial charge in [0.2, 0.25) is 5.91 Å². The smallest absolute Gasteiger partial charge is 0.289 e. The van der Waals surface area contributed by atoms with Gasteiger partial charge in [0.25, 0.3) is 5.91 Å². The van der Waals surface area contributed by atoms with E-state index >= 15 is 0 Å². The van der Waals surface area contributed by atoms with Crippen LogP contribution in [0.2, 0.25) is 5.02 Å². The maximum absolute atomic E-state index is 13.2. The summed E-state index contributed by atoms with van der Waals surface area (Å²) < 4.78 is 5.24. The van der Waals surface area contributed by atoms with Crippen LogP contribution in [0.5, 0.6) is 0 Å². The lowest BCUT2D eigenvalue weighted by molar-refractivity contribution is -0.123. The maximum Gasteiger partial charge on any atom is 0.289 e. The molecule has 2 fully saturated rings. The molecule has 1 aliphatic heterocycles. The standard InChI is InChI=1S/C22H26ClN3O3/c23-17-7-9-18(10-8-17)24-21(27)20(16-4-1-2-5-16)25-11-13-26(14-12-25)22(28)19-6-3-15-29-19/h3,6-10,15-16,20H,1-2,4-5,11-14H2,(H,24,27). The number of piperazine rings is 1. The number of carbonyl (C=O) groups is 2. The summed E-state index contributed by atoms with van der Waals surface area (Å²) in [7, 11) is 0. The van der Waals surface area contributed by atoms with E-state index in [1.165, 1.54) is 19.1 Å². The molecular formula is C22H26ClN3O3. The van der Waals surface area contributed by atoms with Crippen LogP contribution in [0, 0.1) is 5.92 Å². The van der Waals surface area contributed by atoms with Gasteiger partial charge in [-0.1, -0.05) is 24.4 Å². The molecule has 0 bridgehead atoms. The minimum absolute atomic E-state index is 0.0324. The van der Waals surface area contributed by atoms with Crippen LogP contribution in [0.15, 0.2) is 47.1 Å². The second-order valence-corrected chi connectivity index (χ2v) is 8.23. The number of rotatable bonds is 5. The van der Waals surface area contributed by atoms with E-state index in [1.54, 1.807) is 29.2 Å². The molecule has 29 heavy (non-hydrogen) atoms. The van der Waals surface area contributed by atoms with Crippen molar-refractivity contribution in [2.45, 2.75) is 31.7 Å². The average Bonchev–Trinajstić information content (AvgIpc) is 3.44. The summed E-state index contributed by atoms with van der Waals surface area (Å²) >= 11 is 5.95. The van der Waals surface area contributed by atoms with Crippen molar-refractivity contribution >= 4 is 29.1 Å². The molecule has 2 aromatic rings. The van der Waals surface area contributed by atoms with Crippen molar-refractivity contribution in [1.29, 1.82) is 0 Å². The molecule has 1 unspecified atom stereocenters. The van der Waals surface area contributed by atoms with Gasteiger partial charge in [-0.05, 0) is 55.2 Å². The first-order chi connectivity index (χ1) is 14.1. The van der Waals surface area contributed by atoms with Crippen molar-refractivity contribution in [1.82, 2.24) is 9.80 Å². The minimum Gasteiger partial charge on any atom is -0.459 e. The molecule has 0 radical (unpaired) electrons. The van der Waals surface area contributed by atoms with E-state index in [9.17, 15) is 9.59 Å². The van der Waals surface area contributed by atoms with Crippen molar-refractivity contribution in [3.8, 4) is 0 Å². The molecule has 7 heteroatoms. The molecule has 2 aliphatic rings. The van der Waals surface area contributed by atoms with E-state index in [0.717, 1.165) is 18.5 Å². The highest BCUT2D eigenvalue weighted by Crippen LogP contribution is 2.32. The Morgan fingerprint density at radius 1 is 1.03 bits per heavy atom. The van der Waals surface area contributed by atoms with E-state index < -0.39 is 0 Å². The van der Waals surface area contributed by atoms with Gasteiger partial charge in [-0.25, -0.2) is 0 Å². The van der Waals surface area contributed by atoms with Crippen LogP contribution in [-0.4, -0.2) is 53.8 Å². The lowest BCUT2D eigenvalue weighted by atomic mass is 9.95. The number of amides is 2. The molecule has 1 aromatic carbocycles. The zero-order valence-corrected chi connectivity index (χ0v) is 17.1. The van der Waals surface area contributed by atoms with Crippen LogP contribution >= 0.6 is 11.6 Å². The van der Waals surface area contributed by atoms with Crippen molar-refractivity contribution in [3.05, 3.63) is 53.4 Å². The fraction of sp³-hybridized carbons (Fsp3) is 0.455. The van der Waals surface area contributed by atoms with Crippen molar-refractivity contribution in [2.24, 2.45) is 5.92 Å². The monoisotopic (exact) mass is 415 g/mol. The van der Waals surface area contributed by atoms with Gasteiger partial charge in [0.05, 0.1) is 12.3 Å². The van der Waals surface area contributed by atoms with Gasteiger partial charge in [0.1, 0.15) is 0 Å². The van der Waals surface area contributed by atoms with E-state index in [1.807, 2.05) is 12.1 Å². The van der Waals surface area contributed by atoms with Crippen LogP contribution in [-0.2, 0) is 4.79 Å². The first-order valence-corrected chi connectivity index (χ1v) is 10.6. The highest BCUT2D eigenvalue weighted by atomic mass is 35.5.